The fourth-order valence-corrected chi connectivity index (χ4v) is 4.76. The van der Waals surface area contributed by atoms with Crippen LogP contribution in [0.5, 0.6) is 5.75 Å². The first kappa shape index (κ1) is 26.8. The molecule has 1 aliphatic heterocycles. The average molecular weight is 511 g/mol. The molecular formula is C22H32N4O8P+. The first-order valence-electron chi connectivity index (χ1n) is 11.3. The van der Waals surface area contributed by atoms with Gasteiger partial charge < -0.3 is 24.5 Å². The number of nitrogens with one attached hydrogen (secondary N) is 2. The standard InChI is InChI=1S/C22H31N4O8P/c1-4-8-15(2)32-21(27)16(3)25-35(29,34-17-9-6-5-7-10-17)31-14-20-30-13-19(33-20)26-12-11-18(23)24-22(26)28/h5-7,9-12,15-16,19-20H,4,8,13-14H2,1-3H3,(H3,23,24,25,28,29)/p+1. The Hall–Kier alpha value is -2.76. The van der Waals surface area contributed by atoms with Gasteiger partial charge in [-0.3, -0.25) is 9.32 Å². The Bertz CT molecular complexity index is 1080. The fourth-order valence-electron chi connectivity index (χ4n) is 3.29. The van der Waals surface area contributed by atoms with Crippen molar-refractivity contribution in [3.8, 4) is 5.75 Å². The molecule has 0 saturated carbocycles. The van der Waals surface area contributed by atoms with E-state index in [1.807, 2.05) is 6.92 Å². The number of hydrogen-bond acceptors (Lipinski definition) is 9. The van der Waals surface area contributed by atoms with Gasteiger partial charge in [0.15, 0.2) is 12.1 Å². The van der Waals surface area contributed by atoms with Crippen molar-refractivity contribution in [3.05, 3.63) is 53.1 Å². The zero-order valence-electron chi connectivity index (χ0n) is 19.9. The maximum atomic E-state index is 13.6. The van der Waals surface area contributed by atoms with Crippen LogP contribution >= 0.6 is 7.75 Å². The number of esters is 1. The van der Waals surface area contributed by atoms with Crippen LogP contribution in [0.4, 0.5) is 5.82 Å². The summed E-state index contributed by atoms with van der Waals surface area (Å²) in [5.41, 5.74) is 5.10. The van der Waals surface area contributed by atoms with E-state index in [0.29, 0.717) is 6.42 Å². The van der Waals surface area contributed by atoms with E-state index in [4.69, 9.17) is 29.0 Å². The summed E-state index contributed by atoms with van der Waals surface area (Å²) in [4.78, 5) is 27.0. The summed E-state index contributed by atoms with van der Waals surface area (Å²) in [6, 6.07) is 8.93. The van der Waals surface area contributed by atoms with Crippen molar-refractivity contribution in [2.75, 3.05) is 18.9 Å². The van der Waals surface area contributed by atoms with E-state index in [0.717, 1.165) is 6.42 Å². The number of aromatic nitrogens is 2. The summed E-state index contributed by atoms with van der Waals surface area (Å²) in [6.07, 6.45) is 1.09. The highest BCUT2D eigenvalue weighted by atomic mass is 31.2. The Morgan fingerprint density at radius 1 is 1.31 bits per heavy atom. The molecule has 2 aromatic rings. The van der Waals surface area contributed by atoms with Crippen molar-refractivity contribution in [2.24, 2.45) is 0 Å². The molecule has 0 aliphatic carbocycles. The summed E-state index contributed by atoms with van der Waals surface area (Å²) in [5, 5.41) is 2.62. The zero-order chi connectivity index (χ0) is 25.4. The lowest BCUT2D eigenvalue weighted by Crippen LogP contribution is -2.55. The number of ether oxygens (including phenoxy) is 3. The van der Waals surface area contributed by atoms with Crippen LogP contribution in [-0.4, -0.2) is 42.6 Å². The average Bonchev–Trinajstić information content (AvgIpc) is 3.27. The summed E-state index contributed by atoms with van der Waals surface area (Å²) in [5.74, 6) is -0.0935. The Labute approximate surface area is 203 Å². The molecule has 12 nitrogen and oxygen atoms in total. The highest BCUT2D eigenvalue weighted by Crippen LogP contribution is 2.45. The van der Waals surface area contributed by atoms with Gasteiger partial charge in [-0.15, -0.1) is 0 Å². The Morgan fingerprint density at radius 3 is 2.74 bits per heavy atom. The van der Waals surface area contributed by atoms with Gasteiger partial charge in [-0.25, -0.2) is 4.57 Å². The van der Waals surface area contributed by atoms with Crippen LogP contribution in [0, 0.1) is 0 Å². The van der Waals surface area contributed by atoms with Gasteiger partial charge in [0.25, 0.3) is 0 Å². The molecule has 2 heterocycles. The predicted molar refractivity (Wildman–Crippen MR) is 125 cm³/mol. The van der Waals surface area contributed by atoms with Crippen LogP contribution in [0.15, 0.2) is 47.4 Å². The topological polar surface area (TPSA) is 155 Å². The Morgan fingerprint density at radius 2 is 2.06 bits per heavy atom. The molecule has 1 aromatic heterocycles. The van der Waals surface area contributed by atoms with Crippen LogP contribution in [-0.2, 0) is 28.1 Å². The van der Waals surface area contributed by atoms with E-state index in [9.17, 15) is 14.2 Å². The van der Waals surface area contributed by atoms with Crippen LogP contribution in [0.2, 0.25) is 0 Å². The lowest BCUT2D eigenvalue weighted by molar-refractivity contribution is -0.771. The Kier molecular flexibility index (Phi) is 9.41. The maximum absolute atomic E-state index is 13.6. The summed E-state index contributed by atoms with van der Waals surface area (Å²) >= 11 is 0. The van der Waals surface area contributed by atoms with Gasteiger partial charge in [0.05, 0.1) is 6.10 Å². The number of nitrogens with zero attached hydrogens (tertiary/aromatic N) is 1. The summed E-state index contributed by atoms with van der Waals surface area (Å²) in [6.45, 7) is 5.05. The lowest BCUT2D eigenvalue weighted by Gasteiger charge is -2.24. The Balaban J connectivity index is 1.65. The molecule has 0 bridgehead atoms. The number of carbonyl (C=O) groups excluding carboxylic acids is 1. The highest BCUT2D eigenvalue weighted by Gasteiger charge is 2.37. The lowest BCUT2D eigenvalue weighted by atomic mass is 10.2. The van der Waals surface area contributed by atoms with Crippen LogP contribution in [0.3, 0.4) is 0 Å². The van der Waals surface area contributed by atoms with Gasteiger partial charge >= 0.3 is 19.4 Å². The molecule has 13 heteroatoms. The first-order valence-corrected chi connectivity index (χ1v) is 12.9. The third-order valence-electron chi connectivity index (χ3n) is 5.01. The SMILES string of the molecule is CCCC(C)OC(=O)C(C)NP(=O)(OCC1OCC([n+]2ccc(N)[nH]c2=O)O1)Oc1ccccc1. The second-order valence-electron chi connectivity index (χ2n) is 8.05. The number of aromatic amines is 1. The number of carbonyl (C=O) groups is 1. The third-order valence-corrected chi connectivity index (χ3v) is 6.66. The zero-order valence-corrected chi connectivity index (χ0v) is 20.8. The van der Waals surface area contributed by atoms with Crippen molar-refractivity contribution in [3.63, 3.8) is 0 Å². The second kappa shape index (κ2) is 12.3. The molecule has 1 saturated heterocycles. The number of nitrogens with two attached hydrogens (primary N) is 1. The first-order chi connectivity index (χ1) is 16.7. The number of hydrogen-bond donors (Lipinski definition) is 3. The van der Waals surface area contributed by atoms with E-state index >= 15 is 0 Å². The van der Waals surface area contributed by atoms with Gasteiger partial charge in [-0.2, -0.15) is 19.4 Å². The molecular weight excluding hydrogens is 479 g/mol. The minimum atomic E-state index is -4.07. The normalized spacial score (nSPS) is 21.1. The highest BCUT2D eigenvalue weighted by molar-refractivity contribution is 7.52. The molecule has 1 aliphatic rings. The number of benzene rings is 1. The van der Waals surface area contributed by atoms with Crippen molar-refractivity contribution in [1.29, 1.82) is 0 Å². The van der Waals surface area contributed by atoms with Crippen LogP contribution < -0.4 is 25.6 Å². The number of nitrogen functional groups attached to an aromatic ring is 1. The minimum Gasteiger partial charge on any atom is -0.462 e. The second-order valence-corrected chi connectivity index (χ2v) is 9.74. The van der Waals surface area contributed by atoms with Crippen molar-refractivity contribution in [1.82, 2.24) is 10.1 Å². The minimum absolute atomic E-state index is 0.0566. The fraction of sp³-hybridized carbons (Fsp3) is 0.500. The molecule has 5 atom stereocenters. The van der Waals surface area contributed by atoms with Gasteiger partial charge in [0.1, 0.15) is 31.2 Å². The van der Waals surface area contributed by atoms with E-state index in [2.05, 4.69) is 10.1 Å². The molecule has 1 aromatic carbocycles. The largest absolute Gasteiger partial charge is 0.499 e. The number of anilines is 1. The van der Waals surface area contributed by atoms with E-state index < -0.39 is 38.0 Å². The monoisotopic (exact) mass is 511 g/mol. The number of rotatable bonds is 12. The molecule has 3 rings (SSSR count). The van der Waals surface area contributed by atoms with E-state index in [1.165, 1.54) is 23.8 Å². The van der Waals surface area contributed by atoms with Crippen molar-refractivity contribution < 1.29 is 37.2 Å². The van der Waals surface area contributed by atoms with Gasteiger partial charge in [-0.05, 0) is 32.4 Å². The van der Waals surface area contributed by atoms with Crippen molar-refractivity contribution in [2.45, 2.75) is 58.3 Å². The molecule has 192 valence electrons. The van der Waals surface area contributed by atoms with E-state index in [1.54, 1.807) is 37.3 Å². The summed E-state index contributed by atoms with van der Waals surface area (Å²) in [7, 11) is -4.07. The van der Waals surface area contributed by atoms with Gasteiger partial charge in [0, 0.05) is 6.07 Å². The summed E-state index contributed by atoms with van der Waals surface area (Å²) < 4.78 is 42.6. The molecule has 5 unspecified atom stereocenters. The third kappa shape index (κ3) is 7.87. The van der Waals surface area contributed by atoms with Gasteiger partial charge in [-0.1, -0.05) is 31.5 Å². The van der Waals surface area contributed by atoms with Crippen LogP contribution in [0.25, 0.3) is 0 Å². The molecule has 4 N–H and O–H groups in total. The maximum Gasteiger partial charge on any atom is 0.499 e. The number of para-hydroxylation sites is 1. The molecule has 0 spiro atoms. The van der Waals surface area contributed by atoms with Crippen LogP contribution in [0.1, 0.15) is 39.8 Å². The van der Waals surface area contributed by atoms with Crippen molar-refractivity contribution >= 4 is 19.5 Å². The molecule has 0 amide bonds. The van der Waals surface area contributed by atoms with E-state index in [-0.39, 0.29) is 30.9 Å². The molecule has 0 radical (unpaired) electrons. The smallest absolute Gasteiger partial charge is 0.462 e. The number of H-pyrrole nitrogens is 1. The predicted octanol–water partition coefficient (Wildman–Crippen LogP) is 2.03. The quantitative estimate of drug-likeness (QED) is 0.219. The molecule has 1 fully saturated rings. The van der Waals surface area contributed by atoms with Gasteiger partial charge in [0.2, 0.25) is 6.23 Å². The molecule has 35 heavy (non-hydrogen) atoms.